The summed E-state index contributed by atoms with van der Waals surface area (Å²) >= 11 is 0. The van der Waals surface area contributed by atoms with Gasteiger partial charge in [0, 0.05) is 11.8 Å². The van der Waals surface area contributed by atoms with Crippen LogP contribution in [0.5, 0.6) is 0 Å². The van der Waals surface area contributed by atoms with Crippen molar-refractivity contribution < 1.29 is 17.9 Å². The van der Waals surface area contributed by atoms with Crippen molar-refractivity contribution >= 4 is 5.82 Å². The molecule has 7 heteroatoms. The Labute approximate surface area is 116 Å². The molecule has 0 fully saturated rings. The van der Waals surface area contributed by atoms with Crippen LogP contribution in [0.4, 0.5) is 19.0 Å². The summed E-state index contributed by atoms with van der Waals surface area (Å²) in [7, 11) is 0. The van der Waals surface area contributed by atoms with Gasteiger partial charge in [0.2, 0.25) is 0 Å². The average Bonchev–Trinajstić information content (AvgIpc) is 2.35. The molecule has 0 bridgehead atoms. The first-order valence-corrected chi connectivity index (χ1v) is 6.43. The minimum atomic E-state index is -4.33. The molecular weight excluding hydrogens is 271 g/mol. The fourth-order valence-electron chi connectivity index (χ4n) is 1.75. The van der Waals surface area contributed by atoms with Gasteiger partial charge in [0.25, 0.3) is 0 Å². The maximum Gasteiger partial charge on any atom is 0.411 e. The second-order valence-corrected chi connectivity index (χ2v) is 4.62. The standard InChI is InChI=1S/C13H20F3N3O/c1-3-4-18-11(7-20-8-13(14,15)16)10-5-9(2)6-19-12(10)17/h5-6,11,18H,3-4,7-8H2,1-2H3,(H2,17,19). The van der Waals surface area contributed by atoms with Gasteiger partial charge in [-0.25, -0.2) is 4.98 Å². The SMILES string of the molecule is CCCNC(COCC(F)(F)F)c1cc(C)cnc1N. The van der Waals surface area contributed by atoms with Crippen LogP contribution < -0.4 is 11.1 Å². The van der Waals surface area contributed by atoms with Crippen molar-refractivity contribution in [3.05, 3.63) is 23.4 Å². The predicted octanol–water partition coefficient (Wildman–Crippen LogP) is 2.59. The van der Waals surface area contributed by atoms with Gasteiger partial charge in [0.1, 0.15) is 12.4 Å². The summed E-state index contributed by atoms with van der Waals surface area (Å²) < 4.78 is 41.1. The molecule has 0 saturated carbocycles. The van der Waals surface area contributed by atoms with Gasteiger partial charge < -0.3 is 15.8 Å². The molecule has 0 spiro atoms. The largest absolute Gasteiger partial charge is 0.411 e. The van der Waals surface area contributed by atoms with E-state index < -0.39 is 18.8 Å². The monoisotopic (exact) mass is 291 g/mol. The maximum atomic E-state index is 12.1. The number of halogens is 3. The third-order valence-electron chi connectivity index (χ3n) is 2.65. The van der Waals surface area contributed by atoms with Crippen LogP contribution in [0, 0.1) is 6.92 Å². The topological polar surface area (TPSA) is 60.2 Å². The van der Waals surface area contributed by atoms with E-state index in [0.29, 0.717) is 17.9 Å². The lowest BCUT2D eigenvalue weighted by atomic mass is 10.1. The third kappa shape index (κ3) is 5.75. The van der Waals surface area contributed by atoms with E-state index in [-0.39, 0.29) is 6.61 Å². The van der Waals surface area contributed by atoms with E-state index in [9.17, 15) is 13.2 Å². The van der Waals surface area contributed by atoms with E-state index in [1.54, 1.807) is 6.20 Å². The predicted molar refractivity (Wildman–Crippen MR) is 71.3 cm³/mol. The normalized spacial score (nSPS) is 13.4. The molecule has 0 saturated heterocycles. The molecule has 0 aliphatic rings. The zero-order valence-corrected chi connectivity index (χ0v) is 11.6. The highest BCUT2D eigenvalue weighted by atomic mass is 19.4. The van der Waals surface area contributed by atoms with Gasteiger partial charge in [0.15, 0.2) is 0 Å². The molecule has 1 unspecified atom stereocenters. The van der Waals surface area contributed by atoms with E-state index >= 15 is 0 Å². The van der Waals surface area contributed by atoms with Crippen molar-refractivity contribution in [3.8, 4) is 0 Å². The van der Waals surface area contributed by atoms with Crippen LogP contribution in [0.15, 0.2) is 12.3 Å². The number of rotatable bonds is 7. The number of pyridine rings is 1. The molecule has 1 aromatic heterocycles. The molecule has 3 N–H and O–H groups in total. The van der Waals surface area contributed by atoms with E-state index in [1.165, 1.54) is 0 Å². The molecule has 4 nitrogen and oxygen atoms in total. The number of nitrogens with zero attached hydrogens (tertiary/aromatic N) is 1. The number of nitrogens with two attached hydrogens (primary N) is 1. The Balaban J connectivity index is 2.75. The number of nitrogen functional groups attached to an aromatic ring is 1. The molecule has 0 aliphatic carbocycles. The second kappa shape index (κ2) is 7.44. The molecule has 0 aliphatic heterocycles. The molecule has 0 aromatic carbocycles. The van der Waals surface area contributed by atoms with Gasteiger partial charge in [-0.15, -0.1) is 0 Å². The molecule has 1 aromatic rings. The van der Waals surface area contributed by atoms with Crippen LogP contribution in [-0.4, -0.2) is 30.9 Å². The number of ether oxygens (including phenoxy) is 1. The Kier molecular flexibility index (Phi) is 6.22. The number of alkyl halides is 3. The summed E-state index contributed by atoms with van der Waals surface area (Å²) in [6, 6.07) is 1.41. The zero-order valence-electron chi connectivity index (χ0n) is 11.6. The fourth-order valence-corrected chi connectivity index (χ4v) is 1.75. The first kappa shape index (κ1) is 16.7. The summed E-state index contributed by atoms with van der Waals surface area (Å²) in [6.45, 7) is 3.11. The summed E-state index contributed by atoms with van der Waals surface area (Å²) in [5, 5.41) is 3.13. The summed E-state index contributed by atoms with van der Waals surface area (Å²) in [6.07, 6.45) is -1.85. The molecule has 114 valence electrons. The summed E-state index contributed by atoms with van der Waals surface area (Å²) in [5.41, 5.74) is 7.35. The van der Waals surface area contributed by atoms with Gasteiger partial charge in [-0.2, -0.15) is 13.2 Å². The molecule has 0 amide bonds. The van der Waals surface area contributed by atoms with Crippen molar-refractivity contribution in [2.45, 2.75) is 32.5 Å². The molecular formula is C13H20F3N3O. The maximum absolute atomic E-state index is 12.1. The highest BCUT2D eigenvalue weighted by Crippen LogP contribution is 2.22. The van der Waals surface area contributed by atoms with Crippen molar-refractivity contribution in [2.24, 2.45) is 0 Å². The molecule has 1 rings (SSSR count). The smallest absolute Gasteiger partial charge is 0.383 e. The molecule has 1 atom stereocenters. The van der Waals surface area contributed by atoms with E-state index in [4.69, 9.17) is 10.5 Å². The van der Waals surface area contributed by atoms with Crippen molar-refractivity contribution in [3.63, 3.8) is 0 Å². The Bertz CT molecular complexity index is 424. The van der Waals surface area contributed by atoms with Gasteiger partial charge in [-0.05, 0) is 31.5 Å². The number of anilines is 1. The summed E-state index contributed by atoms with van der Waals surface area (Å²) in [5.74, 6) is 0.305. The van der Waals surface area contributed by atoms with E-state index in [1.807, 2.05) is 19.9 Å². The number of hydrogen-bond donors (Lipinski definition) is 2. The molecule has 1 heterocycles. The Morgan fingerprint density at radius 2 is 2.15 bits per heavy atom. The number of aryl methyl sites for hydroxylation is 1. The lowest BCUT2D eigenvalue weighted by molar-refractivity contribution is -0.175. The van der Waals surface area contributed by atoms with E-state index in [0.717, 1.165) is 12.0 Å². The van der Waals surface area contributed by atoms with Crippen molar-refractivity contribution in [1.82, 2.24) is 10.3 Å². The number of hydrogen-bond acceptors (Lipinski definition) is 4. The minimum absolute atomic E-state index is 0.102. The molecule has 20 heavy (non-hydrogen) atoms. The lowest BCUT2D eigenvalue weighted by Crippen LogP contribution is -2.29. The van der Waals surface area contributed by atoms with Gasteiger partial charge in [0.05, 0.1) is 12.6 Å². The van der Waals surface area contributed by atoms with Crippen molar-refractivity contribution in [2.75, 3.05) is 25.5 Å². The zero-order chi connectivity index (χ0) is 15.2. The summed E-state index contributed by atoms with van der Waals surface area (Å²) in [4.78, 5) is 4.02. The quantitative estimate of drug-likeness (QED) is 0.810. The third-order valence-corrected chi connectivity index (χ3v) is 2.65. The van der Waals surface area contributed by atoms with Crippen LogP contribution in [-0.2, 0) is 4.74 Å². The van der Waals surface area contributed by atoms with Crippen molar-refractivity contribution in [1.29, 1.82) is 0 Å². The Hall–Kier alpha value is -1.34. The van der Waals surface area contributed by atoms with Crippen LogP contribution in [0.2, 0.25) is 0 Å². The average molecular weight is 291 g/mol. The van der Waals surface area contributed by atoms with Crippen LogP contribution in [0.3, 0.4) is 0 Å². The Morgan fingerprint density at radius 1 is 1.45 bits per heavy atom. The van der Waals surface area contributed by atoms with Gasteiger partial charge in [-0.1, -0.05) is 6.92 Å². The number of nitrogens with one attached hydrogen (secondary N) is 1. The number of aromatic nitrogens is 1. The van der Waals surface area contributed by atoms with Crippen LogP contribution >= 0.6 is 0 Å². The first-order chi connectivity index (χ1) is 9.33. The fraction of sp³-hybridized carbons (Fsp3) is 0.615. The highest BCUT2D eigenvalue weighted by molar-refractivity contribution is 5.43. The second-order valence-electron chi connectivity index (χ2n) is 4.62. The first-order valence-electron chi connectivity index (χ1n) is 6.43. The van der Waals surface area contributed by atoms with E-state index in [2.05, 4.69) is 10.3 Å². The van der Waals surface area contributed by atoms with Gasteiger partial charge >= 0.3 is 6.18 Å². The lowest BCUT2D eigenvalue weighted by Gasteiger charge is -2.21. The van der Waals surface area contributed by atoms with Crippen LogP contribution in [0.1, 0.15) is 30.5 Å². The molecule has 0 radical (unpaired) electrons. The highest BCUT2D eigenvalue weighted by Gasteiger charge is 2.28. The van der Waals surface area contributed by atoms with Crippen LogP contribution in [0.25, 0.3) is 0 Å². The minimum Gasteiger partial charge on any atom is -0.383 e. The Morgan fingerprint density at radius 3 is 2.75 bits per heavy atom. The van der Waals surface area contributed by atoms with Gasteiger partial charge in [-0.3, -0.25) is 0 Å².